The van der Waals surface area contributed by atoms with Crippen LogP contribution in [0.5, 0.6) is 0 Å². The number of hydrogen-bond acceptors (Lipinski definition) is 4. The summed E-state index contributed by atoms with van der Waals surface area (Å²) in [5.41, 5.74) is 1.04. The topological polar surface area (TPSA) is 69.5 Å². The van der Waals surface area contributed by atoms with E-state index in [4.69, 9.17) is 4.99 Å². The second-order valence-electron chi connectivity index (χ2n) is 6.65. The highest BCUT2D eigenvalue weighted by Crippen LogP contribution is 2.36. The van der Waals surface area contributed by atoms with Crippen LogP contribution in [0.1, 0.15) is 50.2 Å². The van der Waals surface area contributed by atoms with Crippen LogP contribution in [0.3, 0.4) is 0 Å². The molecule has 0 aromatic carbocycles. The normalized spacial score (nSPS) is 25.4. The number of guanidine groups is 1. The Bertz CT molecular complexity index is 516. The smallest absolute Gasteiger partial charge is 0.191 e. The first-order valence-corrected chi connectivity index (χ1v) is 9.53. The molecule has 0 saturated heterocycles. The lowest BCUT2D eigenvalue weighted by Gasteiger charge is -2.37. The minimum atomic E-state index is -0.235. The predicted molar refractivity (Wildman–Crippen MR) is 97.1 cm³/mol. The molecule has 130 valence electrons. The molecule has 0 aliphatic heterocycles. The number of aryl methyl sites for hydroxylation is 1. The number of aliphatic hydroxyl groups is 1. The number of aromatic nitrogens is 1. The van der Waals surface area contributed by atoms with Crippen molar-refractivity contribution in [1.29, 1.82) is 0 Å². The Hall–Kier alpha value is -1.14. The molecule has 1 aliphatic carbocycles. The van der Waals surface area contributed by atoms with Crippen molar-refractivity contribution in [1.82, 2.24) is 15.6 Å². The Kier molecular flexibility index (Phi) is 6.84. The van der Waals surface area contributed by atoms with E-state index in [9.17, 15) is 5.11 Å². The van der Waals surface area contributed by atoms with Gasteiger partial charge in [-0.2, -0.15) is 0 Å². The highest BCUT2D eigenvalue weighted by atomic mass is 32.1. The molecular weight excluding hydrogens is 308 g/mol. The van der Waals surface area contributed by atoms with E-state index in [0.29, 0.717) is 6.54 Å². The third-order valence-corrected chi connectivity index (χ3v) is 5.39. The molecule has 1 aliphatic rings. The van der Waals surface area contributed by atoms with Crippen LogP contribution in [0.15, 0.2) is 10.4 Å². The molecule has 6 heteroatoms. The summed E-state index contributed by atoms with van der Waals surface area (Å²) >= 11 is 1.69. The SMILES string of the molecule is CCNC(=NCC1(C)CCCCC1O)NCCc1csc(C)n1. The second-order valence-corrected chi connectivity index (χ2v) is 7.71. The molecule has 1 saturated carbocycles. The van der Waals surface area contributed by atoms with Gasteiger partial charge in [0, 0.05) is 30.3 Å². The summed E-state index contributed by atoms with van der Waals surface area (Å²) in [7, 11) is 0. The average molecular weight is 339 g/mol. The monoisotopic (exact) mass is 338 g/mol. The van der Waals surface area contributed by atoms with Gasteiger partial charge in [0.05, 0.1) is 23.4 Å². The van der Waals surface area contributed by atoms with Gasteiger partial charge in [-0.05, 0) is 26.7 Å². The molecule has 0 amide bonds. The van der Waals surface area contributed by atoms with E-state index in [1.807, 2.05) is 6.92 Å². The van der Waals surface area contributed by atoms with Crippen LogP contribution in [0, 0.1) is 12.3 Å². The number of nitrogens with one attached hydrogen (secondary N) is 2. The van der Waals surface area contributed by atoms with Gasteiger partial charge in [-0.15, -0.1) is 11.3 Å². The van der Waals surface area contributed by atoms with Crippen molar-refractivity contribution in [2.24, 2.45) is 10.4 Å². The molecule has 1 aromatic rings. The second kappa shape index (κ2) is 8.64. The van der Waals surface area contributed by atoms with Gasteiger partial charge < -0.3 is 15.7 Å². The van der Waals surface area contributed by atoms with Crippen LogP contribution in [0.4, 0.5) is 0 Å². The van der Waals surface area contributed by atoms with Crippen molar-refractivity contribution in [3.8, 4) is 0 Å². The lowest BCUT2D eigenvalue weighted by atomic mass is 9.73. The molecule has 1 aromatic heterocycles. The molecule has 3 N–H and O–H groups in total. The van der Waals surface area contributed by atoms with Crippen molar-refractivity contribution in [3.63, 3.8) is 0 Å². The first-order valence-electron chi connectivity index (χ1n) is 8.65. The summed E-state index contributed by atoms with van der Waals surface area (Å²) < 4.78 is 0. The molecule has 2 atom stereocenters. The van der Waals surface area contributed by atoms with Crippen molar-refractivity contribution < 1.29 is 5.11 Å². The van der Waals surface area contributed by atoms with Gasteiger partial charge in [-0.1, -0.05) is 19.8 Å². The van der Waals surface area contributed by atoms with Crippen LogP contribution in [0.25, 0.3) is 0 Å². The number of rotatable bonds is 6. The summed E-state index contributed by atoms with van der Waals surface area (Å²) in [6, 6.07) is 0. The highest BCUT2D eigenvalue weighted by molar-refractivity contribution is 7.09. The number of nitrogens with zero attached hydrogens (tertiary/aromatic N) is 2. The molecule has 0 radical (unpaired) electrons. The lowest BCUT2D eigenvalue weighted by Crippen LogP contribution is -2.42. The fourth-order valence-corrected chi connectivity index (χ4v) is 3.65. The van der Waals surface area contributed by atoms with Crippen molar-refractivity contribution in [2.45, 2.75) is 59.0 Å². The quantitative estimate of drug-likeness (QED) is 0.550. The van der Waals surface area contributed by atoms with E-state index in [0.717, 1.165) is 55.4 Å². The number of hydrogen-bond donors (Lipinski definition) is 3. The van der Waals surface area contributed by atoms with Crippen LogP contribution in [-0.4, -0.2) is 41.8 Å². The number of aliphatic hydroxyl groups excluding tert-OH is 1. The summed E-state index contributed by atoms with van der Waals surface area (Å²) in [4.78, 5) is 9.19. The first-order chi connectivity index (χ1) is 11.0. The van der Waals surface area contributed by atoms with E-state index in [1.54, 1.807) is 11.3 Å². The van der Waals surface area contributed by atoms with Crippen LogP contribution >= 0.6 is 11.3 Å². The molecule has 23 heavy (non-hydrogen) atoms. The standard InChI is InChI=1S/C17H30N4OS/c1-4-18-16(19-10-8-14-11-23-13(2)21-14)20-12-17(3)9-6-5-7-15(17)22/h11,15,22H,4-10,12H2,1-3H3,(H2,18,19,20). The predicted octanol–water partition coefficient (Wildman–Crippen LogP) is 2.49. The van der Waals surface area contributed by atoms with E-state index < -0.39 is 0 Å². The summed E-state index contributed by atoms with van der Waals surface area (Å²) in [6.45, 7) is 8.57. The van der Waals surface area contributed by atoms with Gasteiger partial charge in [0.2, 0.25) is 0 Å². The Labute approximate surface area is 143 Å². The lowest BCUT2D eigenvalue weighted by molar-refractivity contribution is 0.00716. The molecule has 2 unspecified atom stereocenters. The largest absolute Gasteiger partial charge is 0.392 e. The minimum Gasteiger partial charge on any atom is -0.392 e. The molecule has 1 heterocycles. The van der Waals surface area contributed by atoms with Crippen LogP contribution in [0.2, 0.25) is 0 Å². The van der Waals surface area contributed by atoms with Gasteiger partial charge in [-0.3, -0.25) is 4.99 Å². The fourth-order valence-electron chi connectivity index (χ4n) is 3.00. The zero-order valence-electron chi connectivity index (χ0n) is 14.6. The molecule has 2 rings (SSSR count). The van der Waals surface area contributed by atoms with Crippen molar-refractivity contribution >= 4 is 17.3 Å². The van der Waals surface area contributed by atoms with Crippen LogP contribution < -0.4 is 10.6 Å². The molecule has 5 nitrogen and oxygen atoms in total. The summed E-state index contributed by atoms with van der Waals surface area (Å²) in [6.07, 6.45) is 4.94. The Morgan fingerprint density at radius 3 is 2.96 bits per heavy atom. The van der Waals surface area contributed by atoms with Gasteiger partial charge in [0.15, 0.2) is 5.96 Å². The van der Waals surface area contributed by atoms with E-state index in [2.05, 4.69) is 34.8 Å². The Morgan fingerprint density at radius 1 is 1.48 bits per heavy atom. The third kappa shape index (κ3) is 5.46. The zero-order valence-corrected chi connectivity index (χ0v) is 15.4. The van der Waals surface area contributed by atoms with Gasteiger partial charge in [0.25, 0.3) is 0 Å². The summed E-state index contributed by atoms with van der Waals surface area (Å²) in [5.74, 6) is 0.832. The van der Waals surface area contributed by atoms with Crippen molar-refractivity contribution in [2.75, 3.05) is 19.6 Å². The van der Waals surface area contributed by atoms with Crippen LogP contribution in [-0.2, 0) is 6.42 Å². The molecule has 0 bridgehead atoms. The average Bonchev–Trinajstić information content (AvgIpc) is 2.94. The van der Waals surface area contributed by atoms with Gasteiger partial charge >= 0.3 is 0 Å². The Morgan fingerprint density at radius 2 is 2.30 bits per heavy atom. The van der Waals surface area contributed by atoms with Gasteiger partial charge in [-0.25, -0.2) is 4.98 Å². The highest BCUT2D eigenvalue weighted by Gasteiger charge is 2.35. The summed E-state index contributed by atoms with van der Waals surface area (Å²) in [5, 5.41) is 20.2. The first kappa shape index (κ1) is 18.2. The maximum atomic E-state index is 10.3. The minimum absolute atomic E-state index is 0.0906. The van der Waals surface area contributed by atoms with Crippen molar-refractivity contribution in [3.05, 3.63) is 16.1 Å². The molecule has 1 fully saturated rings. The van der Waals surface area contributed by atoms with E-state index >= 15 is 0 Å². The van der Waals surface area contributed by atoms with Gasteiger partial charge in [0.1, 0.15) is 0 Å². The van der Waals surface area contributed by atoms with E-state index in [1.165, 1.54) is 6.42 Å². The molecular formula is C17H30N4OS. The maximum Gasteiger partial charge on any atom is 0.191 e. The van der Waals surface area contributed by atoms with E-state index in [-0.39, 0.29) is 11.5 Å². The number of aliphatic imine (C=N–C) groups is 1. The fraction of sp³-hybridized carbons (Fsp3) is 0.765. The number of thiazole rings is 1. The Balaban J connectivity index is 1.86. The molecule has 0 spiro atoms. The maximum absolute atomic E-state index is 10.3. The third-order valence-electron chi connectivity index (χ3n) is 4.56. The zero-order chi connectivity index (χ0) is 16.7.